The van der Waals surface area contributed by atoms with Crippen molar-refractivity contribution in [3.8, 4) is 0 Å². The van der Waals surface area contributed by atoms with Crippen molar-refractivity contribution in [2.75, 3.05) is 0 Å². The van der Waals surface area contributed by atoms with E-state index < -0.39 is 16.9 Å². The Morgan fingerprint density at radius 3 is 2.35 bits per heavy atom. The van der Waals surface area contributed by atoms with Crippen molar-refractivity contribution >= 4 is 11.2 Å². The number of nitrogens with zero attached hydrogens (tertiary/aromatic N) is 4. The molecule has 0 amide bonds. The molecule has 0 spiro atoms. The van der Waals surface area contributed by atoms with Crippen molar-refractivity contribution in [1.29, 1.82) is 0 Å². The van der Waals surface area contributed by atoms with E-state index in [1.807, 2.05) is 13.8 Å². The van der Waals surface area contributed by atoms with Crippen LogP contribution in [0, 0.1) is 0 Å². The van der Waals surface area contributed by atoms with Crippen LogP contribution in [0.2, 0.25) is 0 Å². The second-order valence-electron chi connectivity index (χ2n) is 5.18. The largest absolute Gasteiger partial charge is 0.388 e. The van der Waals surface area contributed by atoms with Crippen molar-refractivity contribution in [1.82, 2.24) is 18.7 Å². The summed E-state index contributed by atoms with van der Waals surface area (Å²) >= 11 is 0. The summed E-state index contributed by atoms with van der Waals surface area (Å²) in [6.45, 7) is 4.08. The third-order valence-corrected chi connectivity index (χ3v) is 4.00. The van der Waals surface area contributed by atoms with Gasteiger partial charge in [-0.25, -0.2) is 9.78 Å². The SMILES string of the molecule is CCC(O)(CC)Cn1cnc2c1c(=O)n(C)c(=O)n2C. The summed E-state index contributed by atoms with van der Waals surface area (Å²) in [7, 11) is 3.01. The molecule has 0 unspecified atom stereocenters. The van der Waals surface area contributed by atoms with Crippen molar-refractivity contribution < 1.29 is 5.11 Å². The average molecular weight is 280 g/mol. The monoisotopic (exact) mass is 280 g/mol. The zero-order chi connectivity index (χ0) is 15.1. The molecule has 0 atom stereocenters. The predicted molar refractivity (Wildman–Crippen MR) is 75.7 cm³/mol. The topological polar surface area (TPSA) is 82.1 Å². The average Bonchev–Trinajstić information content (AvgIpc) is 2.86. The van der Waals surface area contributed by atoms with Gasteiger partial charge in [0.2, 0.25) is 0 Å². The molecule has 7 heteroatoms. The van der Waals surface area contributed by atoms with Crippen molar-refractivity contribution in [2.24, 2.45) is 14.1 Å². The quantitative estimate of drug-likeness (QED) is 0.853. The summed E-state index contributed by atoms with van der Waals surface area (Å²) < 4.78 is 4.02. The summed E-state index contributed by atoms with van der Waals surface area (Å²) in [4.78, 5) is 28.2. The number of aliphatic hydroxyl groups is 1. The number of fused-ring (bicyclic) bond motifs is 1. The van der Waals surface area contributed by atoms with Gasteiger partial charge in [0.05, 0.1) is 18.5 Å². The Kier molecular flexibility index (Phi) is 3.56. The van der Waals surface area contributed by atoms with E-state index in [4.69, 9.17) is 0 Å². The van der Waals surface area contributed by atoms with Crippen LogP contribution < -0.4 is 11.2 Å². The summed E-state index contributed by atoms with van der Waals surface area (Å²) in [6, 6.07) is 0. The van der Waals surface area contributed by atoms with Gasteiger partial charge in [0.25, 0.3) is 5.56 Å². The molecule has 7 nitrogen and oxygen atoms in total. The normalized spacial score (nSPS) is 12.2. The fourth-order valence-corrected chi connectivity index (χ4v) is 2.31. The van der Waals surface area contributed by atoms with E-state index >= 15 is 0 Å². The zero-order valence-electron chi connectivity index (χ0n) is 12.3. The Morgan fingerprint density at radius 2 is 1.80 bits per heavy atom. The van der Waals surface area contributed by atoms with E-state index in [-0.39, 0.29) is 6.54 Å². The Hall–Kier alpha value is -1.89. The maximum Gasteiger partial charge on any atom is 0.332 e. The highest BCUT2D eigenvalue weighted by atomic mass is 16.3. The lowest BCUT2D eigenvalue weighted by Crippen LogP contribution is -2.39. The minimum absolute atomic E-state index is 0.282. The van der Waals surface area contributed by atoms with Crippen LogP contribution in [0.4, 0.5) is 0 Å². The number of rotatable bonds is 4. The fourth-order valence-electron chi connectivity index (χ4n) is 2.31. The molecule has 2 rings (SSSR count). The van der Waals surface area contributed by atoms with Crippen LogP contribution in [-0.4, -0.2) is 29.4 Å². The van der Waals surface area contributed by atoms with Gasteiger partial charge >= 0.3 is 5.69 Å². The molecule has 2 aromatic heterocycles. The van der Waals surface area contributed by atoms with E-state index in [1.54, 1.807) is 11.6 Å². The highest BCUT2D eigenvalue weighted by Crippen LogP contribution is 2.19. The highest BCUT2D eigenvalue weighted by Gasteiger charge is 2.25. The minimum Gasteiger partial charge on any atom is -0.388 e. The number of imidazole rings is 1. The molecule has 0 bridgehead atoms. The van der Waals surface area contributed by atoms with Gasteiger partial charge in [0, 0.05) is 14.1 Å². The van der Waals surface area contributed by atoms with Gasteiger partial charge in [-0.15, -0.1) is 0 Å². The molecule has 0 fully saturated rings. The van der Waals surface area contributed by atoms with Crippen LogP contribution in [0.5, 0.6) is 0 Å². The maximum absolute atomic E-state index is 12.3. The molecular weight excluding hydrogens is 260 g/mol. The Morgan fingerprint density at radius 1 is 1.20 bits per heavy atom. The van der Waals surface area contributed by atoms with Crippen LogP contribution in [-0.2, 0) is 20.6 Å². The van der Waals surface area contributed by atoms with Gasteiger partial charge in [-0.3, -0.25) is 13.9 Å². The lowest BCUT2D eigenvalue weighted by Gasteiger charge is -2.25. The molecule has 0 aliphatic heterocycles. The van der Waals surface area contributed by atoms with Gasteiger partial charge in [-0.2, -0.15) is 0 Å². The maximum atomic E-state index is 12.3. The first kappa shape index (κ1) is 14.5. The summed E-state index contributed by atoms with van der Waals surface area (Å²) in [5.74, 6) is 0. The standard InChI is InChI=1S/C13H20N4O3/c1-5-13(20,6-2)7-17-8-14-10-9(17)11(18)16(4)12(19)15(10)3/h8,20H,5-7H2,1-4H3. The number of hydrogen-bond donors (Lipinski definition) is 1. The first-order valence-electron chi connectivity index (χ1n) is 6.68. The first-order valence-corrected chi connectivity index (χ1v) is 6.68. The zero-order valence-corrected chi connectivity index (χ0v) is 12.3. The van der Waals surface area contributed by atoms with E-state index in [0.717, 1.165) is 4.57 Å². The summed E-state index contributed by atoms with van der Waals surface area (Å²) in [5.41, 5.74) is -1.00. The van der Waals surface area contributed by atoms with Crippen molar-refractivity contribution in [3.05, 3.63) is 27.2 Å². The molecule has 0 saturated carbocycles. The molecule has 2 aromatic rings. The molecule has 1 N–H and O–H groups in total. The van der Waals surface area contributed by atoms with Crippen molar-refractivity contribution in [3.63, 3.8) is 0 Å². The van der Waals surface area contributed by atoms with Crippen LogP contribution >= 0.6 is 0 Å². The van der Waals surface area contributed by atoms with Gasteiger partial charge in [-0.05, 0) is 12.8 Å². The lowest BCUT2D eigenvalue weighted by molar-refractivity contribution is 0.0160. The third-order valence-electron chi connectivity index (χ3n) is 4.00. The molecule has 0 aliphatic carbocycles. The van der Waals surface area contributed by atoms with E-state index in [2.05, 4.69) is 4.98 Å². The lowest BCUT2D eigenvalue weighted by atomic mass is 9.97. The molecule has 20 heavy (non-hydrogen) atoms. The van der Waals surface area contributed by atoms with Gasteiger partial charge in [-0.1, -0.05) is 13.8 Å². The minimum atomic E-state index is -0.882. The number of aromatic nitrogens is 4. The smallest absolute Gasteiger partial charge is 0.332 e. The van der Waals surface area contributed by atoms with E-state index in [9.17, 15) is 14.7 Å². The van der Waals surface area contributed by atoms with Gasteiger partial charge in [0.1, 0.15) is 0 Å². The van der Waals surface area contributed by atoms with E-state index in [0.29, 0.717) is 24.0 Å². The van der Waals surface area contributed by atoms with Crippen LogP contribution in [0.1, 0.15) is 26.7 Å². The first-order chi connectivity index (χ1) is 9.34. The molecule has 0 radical (unpaired) electrons. The van der Waals surface area contributed by atoms with Gasteiger partial charge < -0.3 is 9.67 Å². The predicted octanol–water partition coefficient (Wildman–Crippen LogP) is -0.0152. The van der Waals surface area contributed by atoms with Crippen LogP contribution in [0.3, 0.4) is 0 Å². The molecular formula is C13H20N4O3. The summed E-state index contributed by atoms with van der Waals surface area (Å²) in [6.07, 6.45) is 2.66. The van der Waals surface area contributed by atoms with Crippen LogP contribution in [0.25, 0.3) is 11.2 Å². The molecule has 0 saturated heterocycles. The van der Waals surface area contributed by atoms with E-state index in [1.165, 1.54) is 17.9 Å². The second kappa shape index (κ2) is 4.90. The molecule has 0 aliphatic rings. The Bertz CT molecular complexity index is 749. The fraction of sp³-hybridized carbons (Fsp3) is 0.615. The van der Waals surface area contributed by atoms with Crippen LogP contribution in [0.15, 0.2) is 15.9 Å². The third kappa shape index (κ3) is 2.07. The second-order valence-corrected chi connectivity index (χ2v) is 5.18. The summed E-state index contributed by atoms with van der Waals surface area (Å²) in [5, 5.41) is 10.4. The Labute approximate surface area is 116 Å². The van der Waals surface area contributed by atoms with Crippen molar-refractivity contribution in [2.45, 2.75) is 38.8 Å². The van der Waals surface area contributed by atoms with Gasteiger partial charge in [0.15, 0.2) is 11.2 Å². The number of aryl methyl sites for hydroxylation is 1. The molecule has 110 valence electrons. The molecule has 2 heterocycles. The number of hydrogen-bond acceptors (Lipinski definition) is 4. The highest BCUT2D eigenvalue weighted by molar-refractivity contribution is 5.69. The molecule has 0 aromatic carbocycles. The Balaban J connectivity index is 2.70.